The molecule has 1 aromatic heterocycles. The third kappa shape index (κ3) is 2.19. The van der Waals surface area contributed by atoms with Crippen LogP contribution in [-0.4, -0.2) is 4.98 Å². The highest BCUT2D eigenvalue weighted by molar-refractivity contribution is 5.63. The summed E-state index contributed by atoms with van der Waals surface area (Å²) in [7, 11) is 0. The van der Waals surface area contributed by atoms with Gasteiger partial charge in [0.2, 0.25) is 5.95 Å². The lowest BCUT2D eigenvalue weighted by molar-refractivity contribution is 0.584. The Hall–Kier alpha value is -1.90. The number of rotatable bonds is 2. The van der Waals surface area contributed by atoms with Crippen molar-refractivity contribution in [2.24, 2.45) is 0 Å². The molecule has 0 unspecified atom stereocenters. The number of halogens is 1. The highest BCUT2D eigenvalue weighted by Gasteiger charge is 2.01. The second kappa shape index (κ2) is 4.31. The molecule has 0 aliphatic rings. The van der Waals surface area contributed by atoms with Crippen molar-refractivity contribution in [3.05, 3.63) is 53.6 Å². The molecule has 2 nitrogen and oxygen atoms in total. The van der Waals surface area contributed by atoms with E-state index in [-0.39, 0.29) is 0 Å². The van der Waals surface area contributed by atoms with Gasteiger partial charge in [-0.1, -0.05) is 12.1 Å². The minimum Gasteiger partial charge on any atom is -0.355 e. The van der Waals surface area contributed by atoms with E-state index in [1.54, 1.807) is 6.07 Å². The summed E-state index contributed by atoms with van der Waals surface area (Å²) in [5.41, 5.74) is 4.08. The number of nitrogens with zero attached hydrogens (tertiary/aromatic N) is 1. The van der Waals surface area contributed by atoms with Crippen LogP contribution in [0.3, 0.4) is 0 Å². The van der Waals surface area contributed by atoms with Gasteiger partial charge in [0.25, 0.3) is 0 Å². The summed E-state index contributed by atoms with van der Waals surface area (Å²) >= 11 is 0. The fourth-order valence-corrected chi connectivity index (χ4v) is 1.52. The number of anilines is 2. The lowest BCUT2D eigenvalue weighted by Gasteiger charge is -2.11. The summed E-state index contributed by atoms with van der Waals surface area (Å²) in [5.74, 6) is -0.477. The van der Waals surface area contributed by atoms with Crippen LogP contribution in [-0.2, 0) is 0 Å². The van der Waals surface area contributed by atoms with Crippen LogP contribution in [0.4, 0.5) is 15.8 Å². The summed E-state index contributed by atoms with van der Waals surface area (Å²) in [4.78, 5) is 3.51. The minimum atomic E-state index is -0.477. The van der Waals surface area contributed by atoms with E-state index in [1.165, 1.54) is 23.4 Å². The zero-order chi connectivity index (χ0) is 11.5. The molecule has 0 aliphatic heterocycles. The Kier molecular flexibility index (Phi) is 2.86. The third-order valence-corrected chi connectivity index (χ3v) is 2.61. The second-order valence-corrected chi connectivity index (χ2v) is 3.74. The van der Waals surface area contributed by atoms with Crippen LogP contribution in [0, 0.1) is 19.8 Å². The number of hydrogen-bond acceptors (Lipinski definition) is 2. The van der Waals surface area contributed by atoms with Crippen LogP contribution in [0.25, 0.3) is 0 Å². The van der Waals surface area contributed by atoms with E-state index in [1.807, 2.05) is 32.0 Å². The first kappa shape index (κ1) is 10.6. The summed E-state index contributed by atoms with van der Waals surface area (Å²) < 4.78 is 12.9. The van der Waals surface area contributed by atoms with Crippen molar-refractivity contribution < 1.29 is 4.39 Å². The molecule has 0 saturated carbocycles. The number of benzene rings is 1. The van der Waals surface area contributed by atoms with E-state index in [2.05, 4.69) is 10.3 Å². The molecule has 0 bridgehead atoms. The molecule has 0 radical (unpaired) electrons. The van der Waals surface area contributed by atoms with E-state index < -0.39 is 5.95 Å². The van der Waals surface area contributed by atoms with Gasteiger partial charge < -0.3 is 5.32 Å². The Morgan fingerprint density at radius 1 is 1.19 bits per heavy atom. The molecule has 1 heterocycles. The van der Waals surface area contributed by atoms with E-state index in [0.717, 1.165) is 5.69 Å². The van der Waals surface area contributed by atoms with Gasteiger partial charge in [0.15, 0.2) is 0 Å². The molecule has 3 heteroatoms. The van der Waals surface area contributed by atoms with Gasteiger partial charge in [0, 0.05) is 23.6 Å². The lowest BCUT2D eigenvalue weighted by atomic mass is 10.1. The van der Waals surface area contributed by atoms with Crippen LogP contribution in [0.15, 0.2) is 36.5 Å². The van der Waals surface area contributed by atoms with E-state index in [4.69, 9.17) is 0 Å². The molecule has 0 fully saturated rings. The highest BCUT2D eigenvalue weighted by atomic mass is 19.1. The Morgan fingerprint density at radius 3 is 2.75 bits per heavy atom. The smallest absolute Gasteiger partial charge is 0.214 e. The Bertz CT molecular complexity index is 509. The number of aromatic nitrogens is 1. The maximum absolute atomic E-state index is 12.9. The van der Waals surface area contributed by atoms with Crippen molar-refractivity contribution in [1.82, 2.24) is 4.98 Å². The Balaban J connectivity index is 2.31. The molecule has 0 saturated heterocycles. The topological polar surface area (TPSA) is 24.9 Å². The number of aryl methyl sites for hydroxylation is 1. The van der Waals surface area contributed by atoms with Crippen LogP contribution in [0.1, 0.15) is 11.1 Å². The minimum absolute atomic E-state index is 0.477. The average molecular weight is 216 g/mol. The molecule has 1 aromatic carbocycles. The largest absolute Gasteiger partial charge is 0.355 e. The van der Waals surface area contributed by atoms with Crippen LogP contribution in [0.5, 0.6) is 0 Å². The number of nitrogens with one attached hydrogen (secondary N) is 1. The molecule has 2 rings (SSSR count). The summed E-state index contributed by atoms with van der Waals surface area (Å²) in [6.07, 6.45) is 1.45. The zero-order valence-corrected chi connectivity index (χ0v) is 9.29. The molecular weight excluding hydrogens is 203 g/mol. The zero-order valence-electron chi connectivity index (χ0n) is 9.29. The Labute approximate surface area is 94.2 Å². The maximum atomic E-state index is 12.9. The van der Waals surface area contributed by atoms with Crippen molar-refractivity contribution in [1.29, 1.82) is 0 Å². The highest BCUT2D eigenvalue weighted by Crippen LogP contribution is 2.22. The van der Waals surface area contributed by atoms with E-state index >= 15 is 0 Å². The Morgan fingerprint density at radius 2 is 2.00 bits per heavy atom. The van der Waals surface area contributed by atoms with Crippen molar-refractivity contribution >= 4 is 11.4 Å². The van der Waals surface area contributed by atoms with Crippen LogP contribution >= 0.6 is 0 Å². The van der Waals surface area contributed by atoms with Gasteiger partial charge in [-0.2, -0.15) is 4.39 Å². The lowest BCUT2D eigenvalue weighted by Crippen LogP contribution is -1.95. The van der Waals surface area contributed by atoms with Crippen molar-refractivity contribution in [3.63, 3.8) is 0 Å². The van der Waals surface area contributed by atoms with Gasteiger partial charge in [-0.25, -0.2) is 4.98 Å². The van der Waals surface area contributed by atoms with Crippen LogP contribution < -0.4 is 5.32 Å². The van der Waals surface area contributed by atoms with Gasteiger partial charge >= 0.3 is 0 Å². The number of hydrogen-bond donors (Lipinski definition) is 1. The normalized spacial score (nSPS) is 10.2. The molecule has 0 aliphatic carbocycles. The average Bonchev–Trinajstić information content (AvgIpc) is 2.25. The molecule has 0 atom stereocenters. The first-order valence-corrected chi connectivity index (χ1v) is 5.11. The molecule has 16 heavy (non-hydrogen) atoms. The molecule has 1 N–H and O–H groups in total. The van der Waals surface area contributed by atoms with Crippen LogP contribution in [0.2, 0.25) is 0 Å². The van der Waals surface area contributed by atoms with E-state index in [9.17, 15) is 4.39 Å². The monoisotopic (exact) mass is 216 g/mol. The van der Waals surface area contributed by atoms with Gasteiger partial charge in [-0.05, 0) is 37.1 Å². The molecule has 0 amide bonds. The number of pyridine rings is 1. The van der Waals surface area contributed by atoms with Gasteiger partial charge in [-0.3, -0.25) is 0 Å². The summed E-state index contributed by atoms with van der Waals surface area (Å²) in [6, 6.07) is 9.11. The van der Waals surface area contributed by atoms with Crippen molar-refractivity contribution in [2.45, 2.75) is 13.8 Å². The summed E-state index contributed by atoms with van der Waals surface area (Å²) in [6.45, 7) is 4.09. The second-order valence-electron chi connectivity index (χ2n) is 3.74. The standard InChI is InChI=1S/C13H13FN2/c1-9-4-3-5-12(10(9)2)16-11-6-7-15-13(14)8-11/h3-8H,1-2H3,(H,15,16). The predicted molar refractivity (Wildman–Crippen MR) is 63.4 cm³/mol. The first-order valence-electron chi connectivity index (χ1n) is 5.11. The summed E-state index contributed by atoms with van der Waals surface area (Å²) in [5, 5.41) is 3.17. The SMILES string of the molecule is Cc1cccc(Nc2ccnc(F)c2)c1C. The van der Waals surface area contributed by atoms with Gasteiger partial charge in [-0.15, -0.1) is 0 Å². The predicted octanol–water partition coefficient (Wildman–Crippen LogP) is 3.58. The third-order valence-electron chi connectivity index (χ3n) is 2.61. The van der Waals surface area contributed by atoms with Gasteiger partial charge in [0.05, 0.1) is 0 Å². The van der Waals surface area contributed by atoms with Gasteiger partial charge in [0.1, 0.15) is 0 Å². The molecular formula is C13H13FN2. The quantitative estimate of drug-likeness (QED) is 0.776. The first-order chi connectivity index (χ1) is 7.66. The molecule has 82 valence electrons. The molecule has 0 spiro atoms. The van der Waals surface area contributed by atoms with E-state index in [0.29, 0.717) is 5.69 Å². The van der Waals surface area contributed by atoms with Crippen molar-refractivity contribution in [3.8, 4) is 0 Å². The fraction of sp³-hybridized carbons (Fsp3) is 0.154. The van der Waals surface area contributed by atoms with Crippen molar-refractivity contribution in [2.75, 3.05) is 5.32 Å². The molecule has 2 aromatic rings. The fourth-order valence-electron chi connectivity index (χ4n) is 1.52. The maximum Gasteiger partial charge on any atom is 0.214 e.